The molecule has 0 radical (unpaired) electrons. The smallest absolute Gasteiger partial charge is 0.244 e. The Labute approximate surface area is 86.2 Å². The number of nitrogens with zero attached hydrogens (tertiary/aromatic N) is 2. The van der Waals surface area contributed by atoms with Crippen LogP contribution in [0.2, 0.25) is 0 Å². The van der Waals surface area contributed by atoms with Crippen LogP contribution in [-0.4, -0.2) is 36.3 Å². The first-order valence-electron chi connectivity index (χ1n) is 5.10. The van der Waals surface area contributed by atoms with Crippen molar-refractivity contribution in [2.75, 3.05) is 19.6 Å². The summed E-state index contributed by atoms with van der Waals surface area (Å²) in [7, 11) is 0. The van der Waals surface area contributed by atoms with Crippen LogP contribution < -0.4 is 5.73 Å². The lowest BCUT2D eigenvalue weighted by atomic mass is 10.2. The Morgan fingerprint density at radius 2 is 1.86 bits per heavy atom. The average molecular weight is 199 g/mol. The number of hydrogen-bond acceptors (Lipinski definition) is 2. The van der Waals surface area contributed by atoms with Crippen molar-refractivity contribution in [1.82, 2.24) is 4.90 Å². The van der Waals surface area contributed by atoms with Crippen LogP contribution in [-0.2, 0) is 4.79 Å². The fourth-order valence-corrected chi connectivity index (χ4v) is 1.02. The second kappa shape index (κ2) is 6.40. The molecule has 2 N–H and O–H groups in total. The Balaban J connectivity index is 4.13. The molecule has 0 bridgehead atoms. The molecule has 0 aliphatic heterocycles. The molecule has 0 atom stereocenters. The third kappa shape index (κ3) is 4.25. The number of amides is 1. The van der Waals surface area contributed by atoms with E-state index in [1.165, 1.54) is 0 Å². The van der Waals surface area contributed by atoms with Gasteiger partial charge in [0.1, 0.15) is 6.54 Å². The van der Waals surface area contributed by atoms with E-state index in [9.17, 15) is 4.79 Å². The molecule has 0 aromatic carbocycles. The van der Waals surface area contributed by atoms with Gasteiger partial charge in [-0.1, -0.05) is 13.8 Å². The van der Waals surface area contributed by atoms with Crippen LogP contribution in [0.15, 0.2) is 4.99 Å². The highest BCUT2D eigenvalue weighted by molar-refractivity contribution is 5.86. The topological polar surface area (TPSA) is 58.7 Å². The zero-order valence-electron chi connectivity index (χ0n) is 9.58. The van der Waals surface area contributed by atoms with Crippen LogP contribution in [0.5, 0.6) is 0 Å². The number of carbonyl (C=O) groups excluding carboxylic acids is 1. The molecule has 14 heavy (non-hydrogen) atoms. The van der Waals surface area contributed by atoms with Gasteiger partial charge >= 0.3 is 0 Å². The minimum absolute atomic E-state index is 0.0404. The summed E-state index contributed by atoms with van der Waals surface area (Å²) in [6.07, 6.45) is 0. The van der Waals surface area contributed by atoms with Crippen LogP contribution in [0.3, 0.4) is 0 Å². The van der Waals surface area contributed by atoms with E-state index in [4.69, 9.17) is 5.73 Å². The number of likely N-dealkylation sites (N-methyl/N-ethyl adjacent to an activating group) is 1. The molecule has 0 saturated carbocycles. The fourth-order valence-electron chi connectivity index (χ4n) is 1.02. The van der Waals surface area contributed by atoms with Crippen molar-refractivity contribution in [3.63, 3.8) is 0 Å². The van der Waals surface area contributed by atoms with Crippen molar-refractivity contribution in [3.05, 3.63) is 0 Å². The molecule has 0 aliphatic carbocycles. The van der Waals surface area contributed by atoms with Crippen LogP contribution in [0.4, 0.5) is 0 Å². The molecular formula is C10H21N3O. The van der Waals surface area contributed by atoms with Crippen LogP contribution in [0, 0.1) is 5.92 Å². The summed E-state index contributed by atoms with van der Waals surface area (Å²) >= 11 is 0. The van der Waals surface area contributed by atoms with Crippen molar-refractivity contribution in [2.24, 2.45) is 16.6 Å². The average Bonchev–Trinajstić information content (AvgIpc) is 2.15. The van der Waals surface area contributed by atoms with E-state index in [1.807, 2.05) is 27.7 Å². The van der Waals surface area contributed by atoms with Crippen molar-refractivity contribution in [1.29, 1.82) is 0 Å². The molecule has 0 fully saturated rings. The second-order valence-corrected chi connectivity index (χ2v) is 3.46. The van der Waals surface area contributed by atoms with Gasteiger partial charge in [-0.25, -0.2) is 0 Å². The maximum Gasteiger partial charge on any atom is 0.244 e. The number of hydrogen-bond donors (Lipinski definition) is 1. The molecule has 4 nitrogen and oxygen atoms in total. The summed E-state index contributed by atoms with van der Waals surface area (Å²) in [5, 5.41) is 0. The van der Waals surface area contributed by atoms with Gasteiger partial charge in [0.25, 0.3) is 0 Å². The molecule has 0 spiro atoms. The van der Waals surface area contributed by atoms with Gasteiger partial charge in [0.05, 0.1) is 5.84 Å². The molecule has 0 heterocycles. The van der Waals surface area contributed by atoms with Crippen molar-refractivity contribution >= 4 is 11.7 Å². The quantitative estimate of drug-likeness (QED) is 0.527. The first-order chi connectivity index (χ1) is 6.52. The number of carbonyl (C=O) groups is 1. The van der Waals surface area contributed by atoms with Crippen LogP contribution in [0.25, 0.3) is 0 Å². The van der Waals surface area contributed by atoms with Gasteiger partial charge < -0.3 is 10.6 Å². The maximum absolute atomic E-state index is 11.5. The molecule has 0 aromatic rings. The molecular weight excluding hydrogens is 178 g/mol. The molecule has 0 saturated heterocycles. The molecule has 82 valence electrons. The van der Waals surface area contributed by atoms with E-state index in [0.29, 0.717) is 5.84 Å². The first-order valence-corrected chi connectivity index (χ1v) is 5.10. The normalized spacial score (nSPS) is 11.9. The SMILES string of the molecule is CCN(CC)C(=O)CN=C(N)C(C)C. The summed E-state index contributed by atoms with van der Waals surface area (Å²) in [4.78, 5) is 17.3. The number of nitrogens with two attached hydrogens (primary N) is 1. The van der Waals surface area contributed by atoms with E-state index in [1.54, 1.807) is 4.90 Å². The highest BCUT2D eigenvalue weighted by Gasteiger charge is 2.08. The molecule has 4 heteroatoms. The molecule has 0 unspecified atom stereocenters. The summed E-state index contributed by atoms with van der Waals surface area (Å²) in [6.45, 7) is 9.46. The highest BCUT2D eigenvalue weighted by atomic mass is 16.2. The van der Waals surface area contributed by atoms with E-state index in [0.717, 1.165) is 13.1 Å². The predicted molar refractivity (Wildman–Crippen MR) is 59.3 cm³/mol. The number of aliphatic imine (C=N–C) groups is 1. The van der Waals surface area contributed by atoms with Gasteiger partial charge in [0.15, 0.2) is 0 Å². The molecule has 0 rings (SSSR count). The summed E-state index contributed by atoms with van der Waals surface area (Å²) in [5.74, 6) is 0.795. The lowest BCUT2D eigenvalue weighted by Gasteiger charge is -2.17. The predicted octanol–water partition coefficient (Wildman–Crippen LogP) is 0.868. The summed E-state index contributed by atoms with van der Waals surface area (Å²) in [5.41, 5.74) is 5.63. The minimum Gasteiger partial charge on any atom is -0.387 e. The minimum atomic E-state index is 0.0404. The van der Waals surface area contributed by atoms with Crippen LogP contribution >= 0.6 is 0 Å². The monoisotopic (exact) mass is 199 g/mol. The van der Waals surface area contributed by atoms with E-state index >= 15 is 0 Å². The van der Waals surface area contributed by atoms with Gasteiger partial charge in [0, 0.05) is 19.0 Å². The third-order valence-electron chi connectivity index (χ3n) is 2.10. The molecule has 0 aromatic heterocycles. The Hall–Kier alpha value is -1.06. The fraction of sp³-hybridized carbons (Fsp3) is 0.800. The standard InChI is InChI=1S/C10H21N3O/c1-5-13(6-2)9(14)7-12-10(11)8(3)4/h8H,5-7H2,1-4H3,(H2,11,12). The second-order valence-electron chi connectivity index (χ2n) is 3.46. The molecule has 0 aliphatic rings. The largest absolute Gasteiger partial charge is 0.387 e. The highest BCUT2D eigenvalue weighted by Crippen LogP contribution is 1.94. The number of rotatable bonds is 5. The third-order valence-corrected chi connectivity index (χ3v) is 2.10. The summed E-state index contributed by atoms with van der Waals surface area (Å²) < 4.78 is 0. The number of amidine groups is 1. The van der Waals surface area contributed by atoms with Crippen molar-refractivity contribution < 1.29 is 4.79 Å². The van der Waals surface area contributed by atoms with E-state index in [-0.39, 0.29) is 18.4 Å². The van der Waals surface area contributed by atoms with Gasteiger partial charge in [0.2, 0.25) is 5.91 Å². The zero-order chi connectivity index (χ0) is 11.1. The Kier molecular flexibility index (Phi) is 5.92. The van der Waals surface area contributed by atoms with E-state index < -0.39 is 0 Å². The van der Waals surface area contributed by atoms with Gasteiger partial charge in [-0.05, 0) is 13.8 Å². The lowest BCUT2D eigenvalue weighted by Crippen LogP contribution is -2.33. The molecule has 1 amide bonds. The first kappa shape index (κ1) is 12.9. The summed E-state index contributed by atoms with van der Waals surface area (Å²) in [6, 6.07) is 0. The van der Waals surface area contributed by atoms with Gasteiger partial charge in [-0.15, -0.1) is 0 Å². The lowest BCUT2D eigenvalue weighted by molar-refractivity contribution is -0.129. The zero-order valence-corrected chi connectivity index (χ0v) is 9.58. The van der Waals surface area contributed by atoms with Crippen molar-refractivity contribution in [2.45, 2.75) is 27.7 Å². The Bertz CT molecular complexity index is 207. The maximum atomic E-state index is 11.5. The van der Waals surface area contributed by atoms with Crippen LogP contribution in [0.1, 0.15) is 27.7 Å². The van der Waals surface area contributed by atoms with E-state index in [2.05, 4.69) is 4.99 Å². The van der Waals surface area contributed by atoms with Gasteiger partial charge in [-0.2, -0.15) is 0 Å². The Morgan fingerprint density at radius 3 is 2.21 bits per heavy atom. The van der Waals surface area contributed by atoms with Gasteiger partial charge in [-0.3, -0.25) is 9.79 Å². The van der Waals surface area contributed by atoms with Crippen molar-refractivity contribution in [3.8, 4) is 0 Å². The Morgan fingerprint density at radius 1 is 1.36 bits per heavy atom.